The molecular weight excluding hydrogens is 424 g/mol. The number of aliphatic hydroxyl groups is 1. The summed E-state index contributed by atoms with van der Waals surface area (Å²) >= 11 is 0. The first-order chi connectivity index (χ1) is 15.3. The van der Waals surface area contributed by atoms with Crippen LogP contribution >= 0.6 is 0 Å². The van der Waals surface area contributed by atoms with Crippen LogP contribution in [0.2, 0.25) is 0 Å². The Bertz CT molecular complexity index is 602. The molecule has 1 saturated heterocycles. The van der Waals surface area contributed by atoms with E-state index in [1.54, 1.807) is 13.8 Å². The summed E-state index contributed by atoms with van der Waals surface area (Å²) in [6, 6.07) is 0. The van der Waals surface area contributed by atoms with Crippen LogP contribution in [-0.4, -0.2) is 65.4 Å². The number of nitrogens with zero attached hydrogens (tertiary/aromatic N) is 1. The Morgan fingerprint density at radius 3 is 2.15 bits per heavy atom. The topological polar surface area (TPSA) is 113 Å². The van der Waals surface area contributed by atoms with Gasteiger partial charge in [-0.1, -0.05) is 41.5 Å². The lowest BCUT2D eigenvalue weighted by Crippen LogP contribution is -2.36. The summed E-state index contributed by atoms with van der Waals surface area (Å²) in [5.74, 6) is 0.230. The Kier molecular flexibility index (Phi) is 17.8. The Morgan fingerprint density at radius 1 is 1.15 bits per heavy atom. The Hall–Kier alpha value is -1.80. The molecular formula is C25H48N2O6. The zero-order valence-electron chi connectivity index (χ0n) is 22.3. The van der Waals surface area contributed by atoms with Crippen LogP contribution in [0.5, 0.6) is 0 Å². The van der Waals surface area contributed by atoms with Crippen LogP contribution in [0, 0.1) is 17.8 Å². The van der Waals surface area contributed by atoms with Gasteiger partial charge in [-0.3, -0.25) is 24.1 Å². The van der Waals surface area contributed by atoms with Crippen molar-refractivity contribution >= 4 is 23.5 Å². The van der Waals surface area contributed by atoms with Crippen molar-refractivity contribution in [3.8, 4) is 0 Å². The predicted molar refractivity (Wildman–Crippen MR) is 131 cm³/mol. The SMILES string of the molecule is CC.CC(=O)CCOC(C)(C)CO.CC(C)CCNC(=O)CCN1C(=O)CC(C(C)C)C1=O. The summed E-state index contributed by atoms with van der Waals surface area (Å²) in [5.41, 5.74) is -0.518. The van der Waals surface area contributed by atoms with E-state index in [0.29, 0.717) is 25.5 Å². The van der Waals surface area contributed by atoms with Gasteiger partial charge in [-0.15, -0.1) is 0 Å². The number of carbonyl (C=O) groups is 4. The highest BCUT2D eigenvalue weighted by Crippen LogP contribution is 2.26. The average Bonchev–Trinajstić information content (AvgIpc) is 3.01. The minimum absolute atomic E-state index is 0.0229. The molecule has 1 unspecified atom stereocenters. The van der Waals surface area contributed by atoms with Gasteiger partial charge in [0, 0.05) is 38.3 Å². The molecule has 1 aliphatic heterocycles. The summed E-state index contributed by atoms with van der Waals surface area (Å²) in [4.78, 5) is 47.2. The smallest absolute Gasteiger partial charge is 0.233 e. The van der Waals surface area contributed by atoms with E-state index in [-0.39, 0.29) is 61.3 Å². The van der Waals surface area contributed by atoms with Gasteiger partial charge in [-0.05, 0) is 39.0 Å². The van der Waals surface area contributed by atoms with Crippen molar-refractivity contribution in [3.63, 3.8) is 0 Å². The number of carbonyl (C=O) groups excluding carboxylic acids is 4. The Labute approximate surface area is 200 Å². The van der Waals surface area contributed by atoms with Crippen molar-refractivity contribution in [1.29, 1.82) is 0 Å². The van der Waals surface area contributed by atoms with Gasteiger partial charge >= 0.3 is 0 Å². The van der Waals surface area contributed by atoms with Gasteiger partial charge < -0.3 is 15.2 Å². The number of rotatable bonds is 12. The minimum atomic E-state index is -0.518. The number of hydrogen-bond acceptors (Lipinski definition) is 6. The van der Waals surface area contributed by atoms with E-state index in [1.165, 1.54) is 11.8 Å². The maximum atomic E-state index is 12.0. The molecule has 1 atom stereocenters. The number of hydrogen-bond donors (Lipinski definition) is 2. The summed E-state index contributed by atoms with van der Waals surface area (Å²) in [6.07, 6.45) is 1.83. The van der Waals surface area contributed by atoms with Gasteiger partial charge in [0.2, 0.25) is 17.7 Å². The molecule has 0 aliphatic carbocycles. The molecule has 8 nitrogen and oxygen atoms in total. The van der Waals surface area contributed by atoms with Crippen molar-refractivity contribution in [1.82, 2.24) is 10.2 Å². The van der Waals surface area contributed by atoms with E-state index in [9.17, 15) is 19.2 Å². The predicted octanol–water partition coefficient (Wildman–Crippen LogP) is 3.35. The molecule has 0 radical (unpaired) electrons. The monoisotopic (exact) mass is 472 g/mol. The Morgan fingerprint density at radius 2 is 1.73 bits per heavy atom. The number of amides is 3. The summed E-state index contributed by atoms with van der Waals surface area (Å²) in [7, 11) is 0. The molecule has 0 bridgehead atoms. The summed E-state index contributed by atoms with van der Waals surface area (Å²) in [6.45, 7) is 18.4. The second-order valence-corrected chi connectivity index (χ2v) is 9.44. The number of imide groups is 1. The third kappa shape index (κ3) is 15.6. The lowest BCUT2D eigenvalue weighted by molar-refractivity contribution is -0.140. The van der Waals surface area contributed by atoms with E-state index >= 15 is 0 Å². The highest BCUT2D eigenvalue weighted by Gasteiger charge is 2.39. The van der Waals surface area contributed by atoms with Crippen molar-refractivity contribution < 1.29 is 29.0 Å². The number of ketones is 1. The number of likely N-dealkylation sites (tertiary alicyclic amines) is 1. The molecule has 2 N–H and O–H groups in total. The molecule has 8 heteroatoms. The fourth-order valence-electron chi connectivity index (χ4n) is 2.78. The summed E-state index contributed by atoms with van der Waals surface area (Å²) in [5, 5.41) is 11.6. The second-order valence-electron chi connectivity index (χ2n) is 9.44. The van der Waals surface area contributed by atoms with Crippen molar-refractivity contribution in [2.75, 3.05) is 26.3 Å². The van der Waals surface area contributed by atoms with E-state index in [0.717, 1.165) is 6.42 Å². The third-order valence-corrected chi connectivity index (χ3v) is 5.02. The molecule has 1 rings (SSSR count). The molecule has 1 fully saturated rings. The maximum Gasteiger partial charge on any atom is 0.233 e. The van der Waals surface area contributed by atoms with Crippen LogP contribution in [0.3, 0.4) is 0 Å². The van der Waals surface area contributed by atoms with Gasteiger partial charge in [0.1, 0.15) is 5.78 Å². The molecule has 1 heterocycles. The van der Waals surface area contributed by atoms with E-state index in [1.807, 2.05) is 27.7 Å². The molecule has 0 aromatic heterocycles. The van der Waals surface area contributed by atoms with Crippen LogP contribution < -0.4 is 5.32 Å². The van der Waals surface area contributed by atoms with Crippen LogP contribution in [0.15, 0.2) is 0 Å². The molecule has 0 aromatic rings. The quantitative estimate of drug-likeness (QED) is 0.421. The average molecular weight is 473 g/mol. The molecule has 0 spiro atoms. The molecule has 1 aliphatic rings. The van der Waals surface area contributed by atoms with E-state index < -0.39 is 5.60 Å². The van der Waals surface area contributed by atoms with Crippen LogP contribution in [0.1, 0.15) is 88.0 Å². The minimum Gasteiger partial charge on any atom is -0.393 e. The summed E-state index contributed by atoms with van der Waals surface area (Å²) < 4.78 is 5.22. The van der Waals surface area contributed by atoms with Gasteiger partial charge in [-0.25, -0.2) is 0 Å². The first kappa shape index (κ1) is 33.4. The Balaban J connectivity index is 0. The van der Waals surface area contributed by atoms with Crippen molar-refractivity contribution in [2.24, 2.45) is 17.8 Å². The fourth-order valence-corrected chi connectivity index (χ4v) is 2.78. The van der Waals surface area contributed by atoms with E-state index in [2.05, 4.69) is 19.2 Å². The van der Waals surface area contributed by atoms with Crippen LogP contribution in [0.4, 0.5) is 0 Å². The molecule has 3 amide bonds. The zero-order chi connectivity index (χ0) is 26.2. The lowest BCUT2D eigenvalue weighted by atomic mass is 9.94. The first-order valence-corrected chi connectivity index (χ1v) is 12.2. The van der Waals surface area contributed by atoms with Crippen molar-refractivity contribution in [2.45, 2.75) is 93.6 Å². The maximum absolute atomic E-state index is 12.0. The zero-order valence-corrected chi connectivity index (χ0v) is 22.3. The number of nitrogens with one attached hydrogen (secondary N) is 1. The van der Waals surface area contributed by atoms with Crippen molar-refractivity contribution in [3.05, 3.63) is 0 Å². The standard InChI is InChI=1S/C15H26N2O3.C8H16O3.C2H6/c1-10(2)5-7-16-13(18)6-8-17-14(19)9-12(11(3)4)15(17)20;1-7(10)4-5-11-8(2,3)6-9;1-2/h10-12H,5-9H2,1-4H3,(H,16,18);9H,4-6H2,1-3H3;1-2H3. The van der Waals surface area contributed by atoms with E-state index in [4.69, 9.17) is 9.84 Å². The largest absolute Gasteiger partial charge is 0.393 e. The lowest BCUT2D eigenvalue weighted by Gasteiger charge is -2.21. The number of ether oxygens (including phenoxy) is 1. The normalized spacial score (nSPS) is 15.8. The first-order valence-electron chi connectivity index (χ1n) is 12.2. The van der Waals surface area contributed by atoms with Gasteiger partial charge in [0.15, 0.2) is 0 Å². The van der Waals surface area contributed by atoms with Crippen LogP contribution in [0.25, 0.3) is 0 Å². The van der Waals surface area contributed by atoms with Gasteiger partial charge in [0.25, 0.3) is 0 Å². The highest BCUT2D eigenvalue weighted by molar-refractivity contribution is 6.03. The molecule has 0 saturated carbocycles. The third-order valence-electron chi connectivity index (χ3n) is 5.02. The van der Waals surface area contributed by atoms with Crippen LogP contribution in [-0.2, 0) is 23.9 Å². The van der Waals surface area contributed by atoms with Gasteiger partial charge in [-0.2, -0.15) is 0 Å². The molecule has 33 heavy (non-hydrogen) atoms. The highest BCUT2D eigenvalue weighted by atomic mass is 16.5. The molecule has 0 aromatic carbocycles. The molecule has 194 valence electrons. The number of Topliss-reactive ketones (excluding diaryl/α,β-unsaturated/α-hetero) is 1. The second kappa shape index (κ2) is 17.6. The number of aliphatic hydroxyl groups excluding tert-OH is 1. The fraction of sp³-hybridized carbons (Fsp3) is 0.840. The van der Waals surface area contributed by atoms with Gasteiger partial charge in [0.05, 0.1) is 18.8 Å².